The van der Waals surface area contributed by atoms with Crippen LogP contribution in [0, 0.1) is 0 Å². The van der Waals surface area contributed by atoms with Gasteiger partial charge in [-0.15, -0.1) is 0 Å². The molecule has 2 bridgehead atoms. The van der Waals surface area contributed by atoms with Crippen LogP contribution in [0.1, 0.15) is 90.0 Å². The molecule has 16 nitrogen and oxygen atoms in total. The third-order valence-corrected chi connectivity index (χ3v) is 10.8. The van der Waals surface area contributed by atoms with Crippen molar-refractivity contribution in [3.63, 3.8) is 0 Å². The average Bonchev–Trinajstić information content (AvgIpc) is 3.51. The second-order valence-electron chi connectivity index (χ2n) is 15.9. The number of hydrogen-bond donors (Lipinski definition) is 1. The first-order valence-corrected chi connectivity index (χ1v) is 19.2. The van der Waals surface area contributed by atoms with E-state index in [0.717, 1.165) is 25.8 Å². The van der Waals surface area contributed by atoms with Crippen LogP contribution in [0.25, 0.3) is 0 Å². The molecule has 2 aliphatic heterocycles. The number of rotatable bonds is 13. The lowest BCUT2D eigenvalue weighted by molar-refractivity contribution is -0.196. The van der Waals surface area contributed by atoms with Crippen LogP contribution in [0.2, 0.25) is 0 Å². The molecule has 58 heavy (non-hydrogen) atoms. The molecule has 2 aromatic rings. The molecule has 2 heterocycles. The minimum atomic E-state index is -2.24. The van der Waals surface area contributed by atoms with Crippen LogP contribution < -0.4 is 9.47 Å². The normalized spacial score (nSPS) is 24.3. The van der Waals surface area contributed by atoms with Crippen molar-refractivity contribution < 1.29 is 71.8 Å². The molecule has 1 saturated heterocycles. The van der Waals surface area contributed by atoms with Gasteiger partial charge in [-0.2, -0.15) is 0 Å². The van der Waals surface area contributed by atoms with Crippen LogP contribution in [0.4, 0.5) is 4.79 Å². The number of esters is 5. The van der Waals surface area contributed by atoms with Gasteiger partial charge in [-0.25, -0.2) is 19.2 Å². The van der Waals surface area contributed by atoms with Crippen LogP contribution in [0.5, 0.6) is 11.5 Å². The van der Waals surface area contributed by atoms with Gasteiger partial charge in [0.05, 0.1) is 17.6 Å². The van der Waals surface area contributed by atoms with E-state index in [1.807, 2.05) is 14.0 Å². The summed E-state index contributed by atoms with van der Waals surface area (Å²) in [6.07, 6.45) is -4.77. The van der Waals surface area contributed by atoms with Crippen LogP contribution >= 0.6 is 0 Å². The topological polar surface area (TPSA) is 200 Å². The maximum atomic E-state index is 14.3. The Balaban J connectivity index is 1.34. The quantitative estimate of drug-likeness (QED) is 0.130. The number of hydrogen-bond acceptors (Lipinski definition) is 16. The second-order valence-corrected chi connectivity index (χ2v) is 15.9. The Morgan fingerprint density at radius 3 is 2.22 bits per heavy atom. The first kappa shape index (κ1) is 42.1. The minimum absolute atomic E-state index is 0.00689. The van der Waals surface area contributed by atoms with Crippen molar-refractivity contribution in [1.29, 1.82) is 0 Å². The Morgan fingerprint density at radius 2 is 1.59 bits per heavy atom. The first-order chi connectivity index (χ1) is 27.4. The molecule has 4 aliphatic rings. The SMILES string of the molecule is CCCCOC(=O)[C@H](OC(=O)[C@H](OC(C)=O)[C@@H](OC(C)=O)C(=O)OC1=CC[C@@]2(O)[C@H]3Cc4ccc(OC(=O)OC(C)(C)C)c5c4[C@@]2(CCN3C)[C@H]1O5)c1ccccc1. The maximum Gasteiger partial charge on any atom is 0.514 e. The van der Waals surface area contributed by atoms with Gasteiger partial charge in [0.15, 0.2) is 17.6 Å². The molecule has 1 fully saturated rings. The minimum Gasteiger partial charge on any atom is -0.477 e. The molecule has 0 amide bonds. The smallest absolute Gasteiger partial charge is 0.477 e. The molecule has 1 N–H and O–H groups in total. The molecular formula is C42H49NO15. The van der Waals surface area contributed by atoms with Crippen LogP contribution in [-0.4, -0.2) is 102 Å². The summed E-state index contributed by atoms with van der Waals surface area (Å²) in [5.74, 6) is -5.68. The summed E-state index contributed by atoms with van der Waals surface area (Å²) < 4.78 is 45.0. The van der Waals surface area contributed by atoms with Crippen LogP contribution in [0.15, 0.2) is 54.3 Å². The fourth-order valence-corrected chi connectivity index (χ4v) is 8.32. The number of benzene rings is 2. The predicted octanol–water partition coefficient (Wildman–Crippen LogP) is 4.31. The molecule has 2 aromatic carbocycles. The molecule has 6 rings (SSSR count). The fourth-order valence-electron chi connectivity index (χ4n) is 8.32. The van der Waals surface area contributed by atoms with E-state index in [2.05, 4.69) is 4.90 Å². The third kappa shape index (κ3) is 7.99. The summed E-state index contributed by atoms with van der Waals surface area (Å²) in [6.45, 7) is 9.45. The zero-order chi connectivity index (χ0) is 42.2. The van der Waals surface area contributed by atoms with Crippen LogP contribution in [0.3, 0.4) is 0 Å². The number of aliphatic hydroxyl groups is 1. The van der Waals surface area contributed by atoms with E-state index in [1.54, 1.807) is 51.1 Å². The van der Waals surface area contributed by atoms with Gasteiger partial charge in [-0.05, 0) is 71.3 Å². The molecule has 16 heteroatoms. The van der Waals surface area contributed by atoms with E-state index in [4.69, 9.17) is 37.9 Å². The molecule has 0 saturated carbocycles. The summed E-state index contributed by atoms with van der Waals surface area (Å²) in [5.41, 5.74) is -1.86. The average molecular weight is 808 g/mol. The van der Waals surface area contributed by atoms with E-state index in [0.29, 0.717) is 31.4 Å². The Kier molecular flexibility index (Phi) is 11.9. The number of piperidine rings is 1. The summed E-state index contributed by atoms with van der Waals surface area (Å²) in [5, 5.41) is 12.7. The molecule has 0 aromatic heterocycles. The highest BCUT2D eigenvalue weighted by Crippen LogP contribution is 2.65. The van der Waals surface area contributed by atoms with Crippen molar-refractivity contribution >= 4 is 36.0 Å². The fraction of sp³-hybridized carbons (Fsp3) is 0.524. The van der Waals surface area contributed by atoms with E-state index < -0.39 is 77.0 Å². The van der Waals surface area contributed by atoms with E-state index in [9.17, 15) is 33.9 Å². The van der Waals surface area contributed by atoms with Gasteiger partial charge in [-0.3, -0.25) is 9.59 Å². The van der Waals surface area contributed by atoms with Crippen molar-refractivity contribution in [2.24, 2.45) is 0 Å². The molecule has 312 valence electrons. The Labute approximate surface area is 335 Å². The predicted molar refractivity (Wildman–Crippen MR) is 200 cm³/mol. The van der Waals surface area contributed by atoms with Crippen LogP contribution in [-0.2, 0) is 64.2 Å². The summed E-state index contributed by atoms with van der Waals surface area (Å²) in [4.78, 5) is 81.2. The highest BCUT2D eigenvalue weighted by Gasteiger charge is 2.72. The number of likely N-dealkylation sites (N-methyl/N-ethyl adjacent to an activating group) is 1. The molecular weight excluding hydrogens is 758 g/mol. The Hall–Kier alpha value is -5.48. The lowest BCUT2D eigenvalue weighted by Crippen LogP contribution is -2.74. The number of carbonyl (C=O) groups excluding carboxylic acids is 6. The maximum absolute atomic E-state index is 14.3. The van der Waals surface area contributed by atoms with Crippen molar-refractivity contribution in [3.8, 4) is 11.5 Å². The monoisotopic (exact) mass is 807 g/mol. The number of likely N-dealkylation sites (tertiary alicyclic amines) is 1. The van der Waals surface area contributed by atoms with E-state index in [-0.39, 0.29) is 41.9 Å². The number of carbonyl (C=O) groups is 6. The zero-order valence-corrected chi connectivity index (χ0v) is 33.6. The van der Waals surface area contributed by atoms with Gasteiger partial charge < -0.3 is 47.9 Å². The highest BCUT2D eigenvalue weighted by molar-refractivity contribution is 5.91. The summed E-state index contributed by atoms with van der Waals surface area (Å²) in [6, 6.07) is 10.9. The lowest BCUT2D eigenvalue weighted by atomic mass is 9.50. The van der Waals surface area contributed by atoms with Gasteiger partial charge in [-0.1, -0.05) is 49.7 Å². The van der Waals surface area contributed by atoms with E-state index in [1.165, 1.54) is 18.2 Å². The first-order valence-electron chi connectivity index (χ1n) is 19.2. The standard InChI is InChI=1S/C42H49NO15/c1-8-9-21-51-36(46)31(25-13-11-10-12-14-25)57-38(48)34(53-24(3)45)33(52-23(2)44)37(47)54-28-17-18-42(50)29-22-26-15-16-27(55-39(49)58-40(4,5)6)32-30(26)41(42,35(28)56-32)19-20-43(29)7/h10-17,29,31,33-35,50H,8-9,18-22H2,1-7H3/t29-,31-,33-,34-,35+,41+,42-/m1/s1. The summed E-state index contributed by atoms with van der Waals surface area (Å²) in [7, 11) is 1.91. The van der Waals surface area contributed by atoms with Gasteiger partial charge in [0, 0.05) is 37.4 Å². The van der Waals surface area contributed by atoms with Gasteiger partial charge in [0.25, 0.3) is 0 Å². The highest BCUT2D eigenvalue weighted by atomic mass is 16.7. The van der Waals surface area contributed by atoms with Gasteiger partial charge >= 0.3 is 36.0 Å². The molecule has 0 radical (unpaired) electrons. The van der Waals surface area contributed by atoms with Gasteiger partial charge in [0.1, 0.15) is 11.4 Å². The molecule has 7 atom stereocenters. The number of ether oxygens (including phenoxy) is 8. The second kappa shape index (κ2) is 16.4. The third-order valence-electron chi connectivity index (χ3n) is 10.8. The molecule has 1 spiro atoms. The number of nitrogens with zero attached hydrogens (tertiary/aromatic N) is 1. The van der Waals surface area contributed by atoms with E-state index >= 15 is 0 Å². The van der Waals surface area contributed by atoms with Crippen molar-refractivity contribution in [2.45, 2.75) is 121 Å². The molecule has 2 aliphatic carbocycles. The number of unbranched alkanes of at least 4 members (excludes halogenated alkanes) is 1. The lowest BCUT2D eigenvalue weighted by Gasteiger charge is -2.61. The Morgan fingerprint density at radius 1 is 0.914 bits per heavy atom. The van der Waals surface area contributed by atoms with Crippen molar-refractivity contribution in [1.82, 2.24) is 4.90 Å². The van der Waals surface area contributed by atoms with Crippen molar-refractivity contribution in [3.05, 3.63) is 71.0 Å². The molecule has 0 unspecified atom stereocenters. The largest absolute Gasteiger partial charge is 0.514 e. The van der Waals surface area contributed by atoms with Gasteiger partial charge in [0.2, 0.25) is 18.3 Å². The zero-order valence-electron chi connectivity index (χ0n) is 33.6. The summed E-state index contributed by atoms with van der Waals surface area (Å²) >= 11 is 0. The van der Waals surface area contributed by atoms with Crippen molar-refractivity contribution in [2.75, 3.05) is 20.2 Å². The Bertz CT molecular complexity index is 1990.